The Morgan fingerprint density at radius 1 is 0.872 bits per heavy atom. The number of hydrogen-bond acceptors (Lipinski definition) is 6. The maximum atomic E-state index is 13.9. The molecule has 9 nitrogen and oxygen atoms in total. The Morgan fingerprint density at radius 3 is 2.15 bits per heavy atom. The molecule has 0 aliphatic carbocycles. The molecule has 0 unspecified atom stereocenters. The minimum atomic E-state index is -4.12. The highest BCUT2D eigenvalue weighted by atomic mass is 32.2. The second-order valence-corrected chi connectivity index (χ2v) is 10.1. The first-order valence-corrected chi connectivity index (χ1v) is 13.2. The zero-order valence-electron chi connectivity index (χ0n) is 20.9. The molecule has 0 radical (unpaired) electrons. The normalized spacial score (nSPS) is 11.2. The average molecular weight is 544 g/mol. The summed E-state index contributed by atoms with van der Waals surface area (Å²) < 4.78 is 34.1. The van der Waals surface area contributed by atoms with Gasteiger partial charge < -0.3 is 9.84 Å². The van der Waals surface area contributed by atoms with Crippen LogP contribution in [0, 0.1) is 0 Å². The molecule has 0 aliphatic heterocycles. The lowest BCUT2D eigenvalue weighted by molar-refractivity contribution is 0.0696. The van der Waals surface area contributed by atoms with Crippen LogP contribution >= 0.6 is 0 Å². The van der Waals surface area contributed by atoms with Crippen molar-refractivity contribution in [3.8, 4) is 5.75 Å². The molecule has 198 valence electrons. The van der Waals surface area contributed by atoms with E-state index in [0.717, 1.165) is 0 Å². The summed E-state index contributed by atoms with van der Waals surface area (Å²) in [6.07, 6.45) is 1.22. The Bertz CT molecular complexity index is 1600. The molecule has 0 saturated carbocycles. The largest absolute Gasteiger partial charge is 0.497 e. The van der Waals surface area contributed by atoms with E-state index in [2.05, 4.69) is 10.5 Å². The minimum absolute atomic E-state index is 0.0236. The van der Waals surface area contributed by atoms with Gasteiger partial charge in [-0.3, -0.25) is 9.10 Å². The topological polar surface area (TPSA) is 125 Å². The lowest BCUT2D eigenvalue weighted by atomic mass is 10.1. The van der Waals surface area contributed by atoms with Crippen LogP contribution in [0.15, 0.2) is 113 Å². The molecule has 0 aliphatic rings. The monoisotopic (exact) mass is 543 g/mol. The third-order valence-electron chi connectivity index (χ3n) is 5.79. The Kier molecular flexibility index (Phi) is 8.37. The van der Waals surface area contributed by atoms with Crippen LogP contribution < -0.4 is 14.5 Å². The van der Waals surface area contributed by atoms with Gasteiger partial charge >= 0.3 is 5.97 Å². The quantitative estimate of drug-likeness (QED) is 0.223. The number of rotatable bonds is 10. The van der Waals surface area contributed by atoms with Crippen LogP contribution in [0.2, 0.25) is 0 Å². The SMILES string of the molecule is COc1ccc(S(=O)(=O)N(Cc2ccccc2)c2ccccc2C(=O)N/N=C\c2ccccc2C(=O)O)cc1. The lowest BCUT2D eigenvalue weighted by Crippen LogP contribution is -2.33. The Balaban J connectivity index is 1.70. The van der Waals surface area contributed by atoms with E-state index in [4.69, 9.17) is 4.74 Å². The molecule has 0 heterocycles. The van der Waals surface area contributed by atoms with E-state index in [9.17, 15) is 23.1 Å². The number of aromatic carboxylic acids is 1. The fraction of sp³-hybridized carbons (Fsp3) is 0.0690. The van der Waals surface area contributed by atoms with Crippen molar-refractivity contribution in [2.45, 2.75) is 11.4 Å². The summed E-state index contributed by atoms with van der Waals surface area (Å²) in [5.74, 6) is -1.29. The number of carboxylic acids is 1. The van der Waals surface area contributed by atoms with E-state index >= 15 is 0 Å². The zero-order valence-corrected chi connectivity index (χ0v) is 21.7. The Morgan fingerprint density at radius 2 is 1.49 bits per heavy atom. The molecule has 0 bridgehead atoms. The van der Waals surface area contributed by atoms with Gasteiger partial charge in [-0.05, 0) is 48.0 Å². The summed E-state index contributed by atoms with van der Waals surface area (Å²) in [4.78, 5) is 24.7. The molecule has 4 aromatic rings. The third-order valence-corrected chi connectivity index (χ3v) is 7.57. The fourth-order valence-electron chi connectivity index (χ4n) is 3.83. The third kappa shape index (κ3) is 6.31. The summed E-state index contributed by atoms with van der Waals surface area (Å²) in [6.45, 7) is -0.0330. The standard InChI is InChI=1S/C29H25N3O6S/c1-38-23-15-17-24(18-16-23)39(36,37)32(20-21-9-3-2-4-10-21)27-14-8-7-13-26(27)28(33)31-30-19-22-11-5-6-12-25(22)29(34)35/h2-19H,20H2,1H3,(H,31,33)(H,34,35)/b30-19-. The van der Waals surface area contributed by atoms with Crippen molar-refractivity contribution < 1.29 is 27.9 Å². The number of carbonyl (C=O) groups excluding carboxylic acids is 1. The summed E-state index contributed by atoms with van der Waals surface area (Å²) in [5.41, 5.74) is 3.63. The molecule has 2 N–H and O–H groups in total. The predicted molar refractivity (Wildman–Crippen MR) is 148 cm³/mol. The predicted octanol–water partition coefficient (Wildman–Crippen LogP) is 4.55. The second-order valence-electron chi connectivity index (χ2n) is 8.28. The van der Waals surface area contributed by atoms with Crippen molar-refractivity contribution in [1.29, 1.82) is 0 Å². The van der Waals surface area contributed by atoms with Gasteiger partial charge in [0.25, 0.3) is 15.9 Å². The molecule has 0 atom stereocenters. The van der Waals surface area contributed by atoms with E-state index in [-0.39, 0.29) is 28.3 Å². The van der Waals surface area contributed by atoms with Crippen molar-refractivity contribution in [2.24, 2.45) is 5.10 Å². The van der Waals surface area contributed by atoms with Gasteiger partial charge in [-0.2, -0.15) is 5.10 Å². The van der Waals surface area contributed by atoms with Crippen molar-refractivity contribution in [3.05, 3.63) is 125 Å². The van der Waals surface area contributed by atoms with Crippen LogP contribution in [-0.4, -0.2) is 38.7 Å². The first kappa shape index (κ1) is 27.1. The van der Waals surface area contributed by atoms with E-state index < -0.39 is 21.9 Å². The van der Waals surface area contributed by atoms with Gasteiger partial charge in [-0.1, -0.05) is 60.7 Å². The number of nitrogens with zero attached hydrogens (tertiary/aromatic N) is 2. The second kappa shape index (κ2) is 12.1. The Labute approximate surface area is 226 Å². The molecule has 1 amide bonds. The molecule has 0 fully saturated rings. The number of methoxy groups -OCH3 is 1. The number of hydrazone groups is 1. The van der Waals surface area contributed by atoms with E-state index in [1.165, 1.54) is 41.9 Å². The van der Waals surface area contributed by atoms with Crippen LogP contribution in [0.4, 0.5) is 5.69 Å². The van der Waals surface area contributed by atoms with Gasteiger partial charge in [0.15, 0.2) is 0 Å². The zero-order chi connectivity index (χ0) is 27.8. The maximum absolute atomic E-state index is 13.9. The number of sulfonamides is 1. The van der Waals surface area contributed by atoms with Gasteiger partial charge in [0.1, 0.15) is 5.75 Å². The summed E-state index contributed by atoms with van der Waals surface area (Å²) >= 11 is 0. The highest BCUT2D eigenvalue weighted by molar-refractivity contribution is 7.92. The summed E-state index contributed by atoms with van der Waals surface area (Å²) in [5, 5.41) is 13.3. The van der Waals surface area contributed by atoms with Crippen LogP contribution in [-0.2, 0) is 16.6 Å². The molecule has 4 rings (SSSR count). The van der Waals surface area contributed by atoms with E-state index in [1.807, 2.05) is 6.07 Å². The van der Waals surface area contributed by atoms with Crippen LogP contribution in [0.25, 0.3) is 0 Å². The van der Waals surface area contributed by atoms with Gasteiger partial charge in [-0.15, -0.1) is 0 Å². The first-order valence-electron chi connectivity index (χ1n) is 11.8. The molecule has 4 aromatic carbocycles. The highest BCUT2D eigenvalue weighted by Gasteiger charge is 2.28. The number of amides is 1. The van der Waals surface area contributed by atoms with Gasteiger partial charge in [0.05, 0.1) is 41.6 Å². The number of carbonyl (C=O) groups is 2. The van der Waals surface area contributed by atoms with Gasteiger partial charge in [0.2, 0.25) is 0 Å². The van der Waals surface area contributed by atoms with Crippen LogP contribution in [0.3, 0.4) is 0 Å². The molecule has 0 saturated heterocycles. The number of hydrogen-bond donors (Lipinski definition) is 2. The number of anilines is 1. The van der Waals surface area contributed by atoms with Crippen molar-refractivity contribution in [1.82, 2.24) is 5.43 Å². The molecule has 0 aromatic heterocycles. The smallest absolute Gasteiger partial charge is 0.336 e. The van der Waals surface area contributed by atoms with Crippen LogP contribution in [0.5, 0.6) is 5.75 Å². The minimum Gasteiger partial charge on any atom is -0.497 e. The molecule has 0 spiro atoms. The maximum Gasteiger partial charge on any atom is 0.336 e. The van der Waals surface area contributed by atoms with E-state index in [0.29, 0.717) is 16.9 Å². The summed E-state index contributed by atoms with van der Waals surface area (Å²) in [7, 11) is -2.63. The van der Waals surface area contributed by atoms with Crippen LogP contribution in [0.1, 0.15) is 31.8 Å². The van der Waals surface area contributed by atoms with E-state index in [1.54, 1.807) is 72.8 Å². The number of para-hydroxylation sites is 1. The van der Waals surface area contributed by atoms with Crippen molar-refractivity contribution in [3.63, 3.8) is 0 Å². The highest BCUT2D eigenvalue weighted by Crippen LogP contribution is 2.30. The molecule has 39 heavy (non-hydrogen) atoms. The van der Waals surface area contributed by atoms with Crippen molar-refractivity contribution in [2.75, 3.05) is 11.4 Å². The molecular formula is C29H25N3O6S. The molecular weight excluding hydrogens is 518 g/mol. The molecule has 10 heteroatoms. The summed E-state index contributed by atoms with van der Waals surface area (Å²) in [6, 6.07) is 27.5. The number of carboxylic acid groups (broad SMARTS) is 1. The average Bonchev–Trinajstić information content (AvgIpc) is 2.96. The van der Waals surface area contributed by atoms with Gasteiger partial charge in [0, 0.05) is 5.56 Å². The van der Waals surface area contributed by atoms with Gasteiger partial charge in [-0.25, -0.2) is 18.6 Å². The first-order chi connectivity index (χ1) is 18.8. The fourth-order valence-corrected chi connectivity index (χ4v) is 5.30. The Hall–Kier alpha value is -4.96. The number of ether oxygens (including phenoxy) is 1. The number of nitrogens with one attached hydrogen (secondary N) is 1. The lowest BCUT2D eigenvalue weighted by Gasteiger charge is -2.26. The van der Waals surface area contributed by atoms with Crippen molar-refractivity contribution >= 4 is 33.8 Å². The number of benzene rings is 4.